The van der Waals surface area contributed by atoms with Gasteiger partial charge in [0, 0.05) is 18.5 Å². The van der Waals surface area contributed by atoms with Gasteiger partial charge in [-0.15, -0.1) is 0 Å². The maximum Gasteiger partial charge on any atom is 0.331 e. The van der Waals surface area contributed by atoms with E-state index in [9.17, 15) is 9.59 Å². The van der Waals surface area contributed by atoms with Gasteiger partial charge in [-0.3, -0.25) is 4.79 Å². The second-order valence-corrected chi connectivity index (χ2v) is 5.84. The molecule has 1 fully saturated rings. The highest BCUT2D eigenvalue weighted by atomic mass is 32.1. The number of anilines is 2. The van der Waals surface area contributed by atoms with Gasteiger partial charge in [0.25, 0.3) is 11.9 Å². The number of rotatable bonds is 3. The molecule has 0 atom stereocenters. The number of primary amides is 1. The number of hydrogen-bond donors (Lipinski definition) is 2. The Balaban J connectivity index is 1.84. The zero-order valence-electron chi connectivity index (χ0n) is 12.3. The van der Waals surface area contributed by atoms with E-state index in [2.05, 4.69) is 20.3 Å². The van der Waals surface area contributed by atoms with Crippen LogP contribution in [0.5, 0.6) is 0 Å². The van der Waals surface area contributed by atoms with Gasteiger partial charge in [-0.1, -0.05) is 0 Å². The molecular weight excluding hydrogens is 316 g/mol. The van der Waals surface area contributed by atoms with E-state index in [-0.39, 0.29) is 5.95 Å². The van der Waals surface area contributed by atoms with Crippen molar-refractivity contribution in [2.45, 2.75) is 12.8 Å². The number of nitrogens with zero attached hydrogens (tertiary/aromatic N) is 4. The topological polar surface area (TPSA) is 104 Å². The number of amides is 3. The van der Waals surface area contributed by atoms with Crippen molar-refractivity contribution in [1.82, 2.24) is 15.4 Å². The molecule has 0 aliphatic carbocycles. The molecule has 0 aromatic carbocycles. The lowest BCUT2D eigenvalue weighted by molar-refractivity contribution is 0.0975. The maximum atomic E-state index is 12.5. The number of nitrogens with two attached hydrogens (primary N) is 1. The van der Waals surface area contributed by atoms with Crippen LogP contribution in [0.2, 0.25) is 0 Å². The van der Waals surface area contributed by atoms with Crippen LogP contribution in [0, 0.1) is 0 Å². The first-order chi connectivity index (χ1) is 11.1. The van der Waals surface area contributed by atoms with E-state index in [1.807, 2.05) is 0 Å². The first-order valence-corrected chi connectivity index (χ1v) is 8.09. The summed E-state index contributed by atoms with van der Waals surface area (Å²) >= 11 is 1.38. The first-order valence-electron chi connectivity index (χ1n) is 7.15. The van der Waals surface area contributed by atoms with Crippen LogP contribution in [0.4, 0.5) is 16.4 Å². The normalized spacial score (nSPS) is 13.8. The zero-order chi connectivity index (χ0) is 16.2. The second-order valence-electron chi connectivity index (χ2n) is 5.06. The largest absolute Gasteiger partial charge is 0.369 e. The summed E-state index contributed by atoms with van der Waals surface area (Å²) in [5, 5.41) is 4.40. The van der Waals surface area contributed by atoms with Gasteiger partial charge in [0.15, 0.2) is 0 Å². The van der Waals surface area contributed by atoms with Crippen molar-refractivity contribution in [1.29, 1.82) is 0 Å². The first kappa shape index (κ1) is 15.2. The van der Waals surface area contributed by atoms with Gasteiger partial charge in [-0.25, -0.2) is 20.2 Å². The van der Waals surface area contributed by atoms with Crippen LogP contribution in [0.1, 0.15) is 23.2 Å². The van der Waals surface area contributed by atoms with E-state index in [4.69, 9.17) is 5.73 Å². The average molecular weight is 332 g/mol. The van der Waals surface area contributed by atoms with Gasteiger partial charge >= 0.3 is 6.03 Å². The third-order valence-electron chi connectivity index (χ3n) is 3.49. The summed E-state index contributed by atoms with van der Waals surface area (Å²) in [5.74, 6) is -0.373. The lowest BCUT2D eigenvalue weighted by atomic mass is 10.3. The third kappa shape index (κ3) is 3.39. The summed E-state index contributed by atoms with van der Waals surface area (Å²) in [4.78, 5) is 34.2. The van der Waals surface area contributed by atoms with Crippen LogP contribution >= 0.6 is 11.3 Å². The maximum absolute atomic E-state index is 12.5. The Hall–Kier alpha value is -2.68. The number of hydrogen-bond acceptors (Lipinski definition) is 6. The van der Waals surface area contributed by atoms with Crippen LogP contribution in [-0.2, 0) is 0 Å². The Bertz CT molecular complexity index is 682. The fraction of sp³-hybridized carbons (Fsp3) is 0.286. The van der Waals surface area contributed by atoms with Crippen molar-refractivity contribution in [2.75, 3.05) is 23.0 Å². The molecule has 1 aliphatic rings. The van der Waals surface area contributed by atoms with Crippen molar-refractivity contribution < 1.29 is 9.59 Å². The van der Waals surface area contributed by atoms with Gasteiger partial charge in [-0.05, 0) is 24.3 Å². The van der Waals surface area contributed by atoms with Gasteiger partial charge in [0.2, 0.25) is 0 Å². The fourth-order valence-corrected chi connectivity index (χ4v) is 3.02. The summed E-state index contributed by atoms with van der Waals surface area (Å²) in [6, 6.07) is 0.794. The molecule has 3 heterocycles. The highest BCUT2D eigenvalue weighted by Crippen LogP contribution is 2.20. The summed E-state index contributed by atoms with van der Waals surface area (Å²) in [5.41, 5.74) is 8.73. The minimum Gasteiger partial charge on any atom is -0.369 e. The number of carbonyl (C=O) groups excluding carboxylic acids is 2. The molecule has 8 nitrogen and oxygen atoms in total. The predicted molar refractivity (Wildman–Crippen MR) is 87.3 cm³/mol. The molecule has 3 N–H and O–H groups in total. The summed E-state index contributed by atoms with van der Waals surface area (Å²) in [6.45, 7) is 1.94. The van der Waals surface area contributed by atoms with Crippen LogP contribution in [-0.4, -0.2) is 35.0 Å². The van der Waals surface area contributed by atoms with Gasteiger partial charge in [0.05, 0.1) is 23.6 Å². The number of nitrogens with one attached hydrogen (secondary N) is 1. The van der Waals surface area contributed by atoms with Crippen molar-refractivity contribution >= 4 is 34.9 Å². The molecule has 0 spiro atoms. The highest BCUT2D eigenvalue weighted by molar-refractivity contribution is 7.08. The van der Waals surface area contributed by atoms with Crippen molar-refractivity contribution in [3.05, 3.63) is 34.8 Å². The van der Waals surface area contributed by atoms with Crippen molar-refractivity contribution in [2.24, 2.45) is 5.73 Å². The number of aromatic nitrogens is 2. The van der Waals surface area contributed by atoms with E-state index >= 15 is 0 Å². The molecule has 3 rings (SSSR count). The summed E-state index contributed by atoms with van der Waals surface area (Å²) in [6.07, 6.45) is 5.58. The van der Waals surface area contributed by atoms with Gasteiger partial charge in [-0.2, -0.15) is 16.3 Å². The van der Waals surface area contributed by atoms with E-state index in [0.29, 0.717) is 5.56 Å². The van der Waals surface area contributed by atoms with E-state index in [0.717, 1.165) is 36.6 Å². The Labute approximate surface area is 136 Å². The van der Waals surface area contributed by atoms with Crippen LogP contribution in [0.3, 0.4) is 0 Å². The Morgan fingerprint density at radius 2 is 1.96 bits per heavy atom. The van der Waals surface area contributed by atoms with Crippen LogP contribution in [0.15, 0.2) is 29.2 Å². The number of carbonyl (C=O) groups is 2. The van der Waals surface area contributed by atoms with Gasteiger partial charge in [0.1, 0.15) is 0 Å². The molecule has 3 amide bonds. The molecule has 0 radical (unpaired) electrons. The predicted octanol–water partition coefficient (Wildman–Crippen LogP) is 1.37. The van der Waals surface area contributed by atoms with Crippen molar-refractivity contribution in [3.8, 4) is 0 Å². The average Bonchev–Trinajstić information content (AvgIpc) is 3.25. The number of hydrazine groups is 1. The molecule has 9 heteroatoms. The molecular formula is C14H16N6O2S. The molecule has 120 valence electrons. The quantitative estimate of drug-likeness (QED) is 0.826. The van der Waals surface area contributed by atoms with Crippen molar-refractivity contribution in [3.63, 3.8) is 0 Å². The highest BCUT2D eigenvalue weighted by Gasteiger charge is 2.22. The molecule has 2 aromatic heterocycles. The zero-order valence-corrected chi connectivity index (χ0v) is 13.1. The Kier molecular flexibility index (Phi) is 4.38. The van der Waals surface area contributed by atoms with Crippen LogP contribution < -0.4 is 21.1 Å². The fourth-order valence-electron chi connectivity index (χ4n) is 2.39. The second kappa shape index (κ2) is 6.61. The standard InChI is InChI=1S/C14H16N6O2S/c15-13(22)18-20(12(21)10-3-6-23-9-10)14-16-7-11(8-17-14)19-4-1-2-5-19/h3,6-9H,1-2,4-5H2,(H3,15,18,22). The van der Waals surface area contributed by atoms with E-state index < -0.39 is 11.9 Å². The van der Waals surface area contributed by atoms with E-state index in [1.165, 1.54) is 11.3 Å². The molecule has 0 saturated carbocycles. The smallest absolute Gasteiger partial charge is 0.331 e. The molecule has 2 aromatic rings. The lowest BCUT2D eigenvalue weighted by Gasteiger charge is -2.21. The lowest BCUT2D eigenvalue weighted by Crippen LogP contribution is -2.49. The SMILES string of the molecule is NC(=O)NN(C(=O)c1ccsc1)c1ncc(N2CCCC2)cn1. The molecule has 0 bridgehead atoms. The molecule has 1 saturated heterocycles. The monoisotopic (exact) mass is 332 g/mol. The Morgan fingerprint density at radius 1 is 1.26 bits per heavy atom. The van der Waals surface area contributed by atoms with Crippen LogP contribution in [0.25, 0.3) is 0 Å². The number of thiophene rings is 1. The molecule has 23 heavy (non-hydrogen) atoms. The summed E-state index contributed by atoms with van der Waals surface area (Å²) in [7, 11) is 0. The number of urea groups is 1. The minimum absolute atomic E-state index is 0.0722. The summed E-state index contributed by atoms with van der Waals surface area (Å²) < 4.78 is 0. The Morgan fingerprint density at radius 3 is 2.52 bits per heavy atom. The minimum atomic E-state index is -0.860. The molecule has 0 unspecified atom stereocenters. The third-order valence-corrected chi connectivity index (χ3v) is 4.17. The van der Waals surface area contributed by atoms with E-state index in [1.54, 1.807) is 29.2 Å². The van der Waals surface area contributed by atoms with Gasteiger partial charge < -0.3 is 10.6 Å². The molecule has 1 aliphatic heterocycles.